The van der Waals surface area contributed by atoms with Gasteiger partial charge in [0.2, 0.25) is 0 Å². The first-order valence-corrected chi connectivity index (χ1v) is 10.3. The van der Waals surface area contributed by atoms with Crippen molar-refractivity contribution in [3.05, 3.63) is 78.2 Å². The fourth-order valence-electron chi connectivity index (χ4n) is 2.94. The standard InChI is InChI=1S/C23H19FN6S/c1-30(2)22-14-26-20-11-10-19(17(13-25)23(20)28-22)27-21-12-15(8-9-18(21)24)29-31-16-6-4-3-5-7-16/h3-12,14,27,29H,1-2H3. The van der Waals surface area contributed by atoms with Crippen molar-refractivity contribution in [3.63, 3.8) is 0 Å². The quantitative estimate of drug-likeness (QED) is 0.387. The van der Waals surface area contributed by atoms with E-state index in [0.29, 0.717) is 28.1 Å². The molecule has 0 amide bonds. The van der Waals surface area contributed by atoms with Crippen LogP contribution in [0.1, 0.15) is 5.56 Å². The molecule has 0 aliphatic carbocycles. The van der Waals surface area contributed by atoms with Crippen molar-refractivity contribution < 1.29 is 4.39 Å². The highest BCUT2D eigenvalue weighted by atomic mass is 32.2. The summed E-state index contributed by atoms with van der Waals surface area (Å²) in [6, 6.07) is 20.2. The van der Waals surface area contributed by atoms with Gasteiger partial charge in [-0.2, -0.15) is 5.26 Å². The fraction of sp³-hybridized carbons (Fsp3) is 0.0870. The molecule has 8 heteroatoms. The third-order valence-corrected chi connectivity index (χ3v) is 5.38. The van der Waals surface area contributed by atoms with E-state index in [1.54, 1.807) is 30.5 Å². The van der Waals surface area contributed by atoms with Crippen molar-refractivity contribution in [3.8, 4) is 6.07 Å². The Morgan fingerprint density at radius 1 is 1.03 bits per heavy atom. The molecule has 0 aliphatic heterocycles. The maximum absolute atomic E-state index is 14.5. The lowest BCUT2D eigenvalue weighted by molar-refractivity contribution is 0.632. The number of nitriles is 1. The van der Waals surface area contributed by atoms with Gasteiger partial charge in [0.1, 0.15) is 28.8 Å². The third kappa shape index (κ3) is 4.52. The number of nitrogens with zero attached hydrogens (tertiary/aromatic N) is 4. The summed E-state index contributed by atoms with van der Waals surface area (Å²) in [7, 11) is 3.71. The monoisotopic (exact) mass is 430 g/mol. The topological polar surface area (TPSA) is 76.9 Å². The number of hydrogen-bond acceptors (Lipinski definition) is 7. The van der Waals surface area contributed by atoms with Crippen LogP contribution in [-0.4, -0.2) is 24.1 Å². The maximum Gasteiger partial charge on any atom is 0.147 e. The molecule has 0 aliphatic rings. The molecule has 4 rings (SSSR count). The Hall–Kier alpha value is -3.83. The van der Waals surface area contributed by atoms with E-state index < -0.39 is 5.82 Å². The second-order valence-electron chi connectivity index (χ2n) is 6.93. The molecular weight excluding hydrogens is 411 g/mol. The summed E-state index contributed by atoms with van der Waals surface area (Å²) in [4.78, 5) is 11.8. The van der Waals surface area contributed by atoms with Gasteiger partial charge >= 0.3 is 0 Å². The average molecular weight is 431 g/mol. The van der Waals surface area contributed by atoms with E-state index in [2.05, 4.69) is 26.1 Å². The van der Waals surface area contributed by atoms with Crippen LogP contribution in [0.5, 0.6) is 0 Å². The predicted octanol–water partition coefficient (Wildman–Crippen LogP) is 5.57. The minimum atomic E-state index is -0.424. The lowest BCUT2D eigenvalue weighted by Crippen LogP contribution is -2.11. The van der Waals surface area contributed by atoms with Gasteiger partial charge in [0, 0.05) is 24.7 Å². The normalized spacial score (nSPS) is 10.5. The molecule has 0 saturated heterocycles. The lowest BCUT2D eigenvalue weighted by Gasteiger charge is -2.14. The zero-order chi connectivity index (χ0) is 21.8. The molecule has 3 aromatic carbocycles. The zero-order valence-corrected chi connectivity index (χ0v) is 17.7. The summed E-state index contributed by atoms with van der Waals surface area (Å²) < 4.78 is 17.7. The molecule has 0 atom stereocenters. The van der Waals surface area contributed by atoms with Crippen LogP contribution in [0.3, 0.4) is 0 Å². The Morgan fingerprint density at radius 2 is 1.84 bits per heavy atom. The van der Waals surface area contributed by atoms with Crippen molar-refractivity contribution in [2.45, 2.75) is 4.90 Å². The Labute approximate surface area is 183 Å². The Bertz CT molecular complexity index is 1270. The number of rotatable bonds is 6. The number of halogens is 1. The smallest absolute Gasteiger partial charge is 0.147 e. The van der Waals surface area contributed by atoms with Crippen LogP contribution >= 0.6 is 11.9 Å². The summed E-state index contributed by atoms with van der Waals surface area (Å²) in [5.74, 6) is 0.212. The molecule has 6 nitrogen and oxygen atoms in total. The molecule has 4 aromatic rings. The third-order valence-electron chi connectivity index (χ3n) is 4.54. The second kappa shape index (κ2) is 8.90. The maximum atomic E-state index is 14.5. The summed E-state index contributed by atoms with van der Waals surface area (Å²) in [5.41, 5.74) is 2.82. The number of anilines is 4. The predicted molar refractivity (Wildman–Crippen MR) is 124 cm³/mol. The highest BCUT2D eigenvalue weighted by molar-refractivity contribution is 8.00. The first-order chi connectivity index (χ1) is 15.0. The summed E-state index contributed by atoms with van der Waals surface area (Å²) in [5, 5.41) is 12.8. The van der Waals surface area contributed by atoms with Crippen LogP contribution in [-0.2, 0) is 0 Å². The molecule has 0 fully saturated rings. The highest BCUT2D eigenvalue weighted by Crippen LogP contribution is 2.31. The second-order valence-corrected chi connectivity index (χ2v) is 7.81. The van der Waals surface area contributed by atoms with E-state index in [-0.39, 0.29) is 5.69 Å². The number of fused-ring (bicyclic) bond motifs is 1. The van der Waals surface area contributed by atoms with Gasteiger partial charge in [-0.1, -0.05) is 18.2 Å². The molecule has 0 spiro atoms. The molecule has 154 valence electrons. The van der Waals surface area contributed by atoms with Crippen LogP contribution in [0.2, 0.25) is 0 Å². The van der Waals surface area contributed by atoms with Gasteiger partial charge in [-0.05, 0) is 54.4 Å². The number of benzene rings is 3. The Morgan fingerprint density at radius 3 is 2.58 bits per heavy atom. The lowest BCUT2D eigenvalue weighted by atomic mass is 10.1. The van der Waals surface area contributed by atoms with E-state index in [1.807, 2.05) is 49.3 Å². The van der Waals surface area contributed by atoms with E-state index in [4.69, 9.17) is 0 Å². The number of nitrogens with one attached hydrogen (secondary N) is 2. The first kappa shape index (κ1) is 20.4. The molecule has 1 heterocycles. The number of hydrogen-bond donors (Lipinski definition) is 2. The molecule has 2 N–H and O–H groups in total. The van der Waals surface area contributed by atoms with Gasteiger partial charge < -0.3 is 14.9 Å². The molecule has 0 unspecified atom stereocenters. The molecular formula is C23H19FN6S. The van der Waals surface area contributed by atoms with Crippen LogP contribution in [0, 0.1) is 17.1 Å². The molecule has 0 bridgehead atoms. The SMILES string of the molecule is CN(C)c1cnc2ccc(Nc3cc(NSc4ccccc4)ccc3F)c(C#N)c2n1. The van der Waals surface area contributed by atoms with Crippen molar-refractivity contribution in [1.29, 1.82) is 5.26 Å². The summed E-state index contributed by atoms with van der Waals surface area (Å²) in [6.45, 7) is 0. The first-order valence-electron chi connectivity index (χ1n) is 9.47. The minimum Gasteiger partial charge on any atom is -0.361 e. The van der Waals surface area contributed by atoms with E-state index in [9.17, 15) is 9.65 Å². The molecule has 31 heavy (non-hydrogen) atoms. The zero-order valence-electron chi connectivity index (χ0n) is 16.9. The molecule has 1 aromatic heterocycles. The minimum absolute atomic E-state index is 0.256. The van der Waals surface area contributed by atoms with Crippen molar-refractivity contribution >= 4 is 45.9 Å². The van der Waals surface area contributed by atoms with E-state index >= 15 is 0 Å². The molecule has 0 saturated carbocycles. The van der Waals surface area contributed by atoms with Crippen molar-refractivity contribution in [2.24, 2.45) is 0 Å². The van der Waals surface area contributed by atoms with Crippen LogP contribution in [0.25, 0.3) is 11.0 Å². The van der Waals surface area contributed by atoms with Crippen molar-refractivity contribution in [2.75, 3.05) is 29.0 Å². The van der Waals surface area contributed by atoms with Gasteiger partial charge in [-0.3, -0.25) is 4.98 Å². The largest absolute Gasteiger partial charge is 0.361 e. The average Bonchev–Trinajstić information content (AvgIpc) is 2.79. The molecule has 0 radical (unpaired) electrons. The fourth-order valence-corrected chi connectivity index (χ4v) is 3.59. The van der Waals surface area contributed by atoms with Gasteiger partial charge in [0.05, 0.1) is 23.1 Å². The van der Waals surface area contributed by atoms with E-state index in [1.165, 1.54) is 18.0 Å². The van der Waals surface area contributed by atoms with Gasteiger partial charge in [0.25, 0.3) is 0 Å². The Kier molecular flexibility index (Phi) is 5.87. The summed E-state index contributed by atoms with van der Waals surface area (Å²) >= 11 is 1.43. The van der Waals surface area contributed by atoms with Gasteiger partial charge in [-0.25, -0.2) is 9.37 Å². The summed E-state index contributed by atoms with van der Waals surface area (Å²) in [6.07, 6.45) is 1.65. The highest BCUT2D eigenvalue weighted by Gasteiger charge is 2.13. The number of aromatic nitrogens is 2. The van der Waals surface area contributed by atoms with Crippen molar-refractivity contribution in [1.82, 2.24) is 9.97 Å². The van der Waals surface area contributed by atoms with E-state index in [0.717, 1.165) is 10.6 Å². The van der Waals surface area contributed by atoms with Crippen LogP contribution in [0.4, 0.5) is 27.3 Å². The van der Waals surface area contributed by atoms with Gasteiger partial charge in [-0.15, -0.1) is 0 Å². The van der Waals surface area contributed by atoms with Gasteiger partial charge in [0.15, 0.2) is 0 Å². The van der Waals surface area contributed by atoms with Crippen LogP contribution in [0.15, 0.2) is 71.8 Å². The van der Waals surface area contributed by atoms with Crippen LogP contribution < -0.4 is 14.9 Å². The Balaban J connectivity index is 1.64.